The minimum absolute atomic E-state index is 0.0853. The number of amides is 2. The van der Waals surface area contributed by atoms with E-state index in [9.17, 15) is 9.18 Å². The predicted octanol–water partition coefficient (Wildman–Crippen LogP) is 3.52. The Morgan fingerprint density at radius 2 is 1.94 bits per heavy atom. The number of fused-ring (bicyclic) bond motifs is 1. The number of hydrogen-bond acceptors (Lipinski definition) is 6. The summed E-state index contributed by atoms with van der Waals surface area (Å²) in [5.41, 5.74) is 2.59. The smallest absolute Gasteiger partial charge is 0.323 e. The van der Waals surface area contributed by atoms with Crippen LogP contribution >= 0.6 is 0 Å². The summed E-state index contributed by atoms with van der Waals surface area (Å²) in [4.78, 5) is 28.4. The third kappa shape index (κ3) is 3.85. The molecular weight excluding hydrogens is 433 g/mol. The zero-order valence-electron chi connectivity index (χ0n) is 19.7. The Hall–Kier alpha value is -2.94. The van der Waals surface area contributed by atoms with Gasteiger partial charge >= 0.3 is 6.03 Å². The molecule has 1 aromatic carbocycles. The maximum absolute atomic E-state index is 15.0. The molecular formula is C25H32FN7O. The number of anilines is 4. The molecule has 9 heteroatoms. The van der Waals surface area contributed by atoms with E-state index in [-0.39, 0.29) is 17.9 Å². The summed E-state index contributed by atoms with van der Waals surface area (Å²) < 4.78 is 15.0. The molecule has 3 fully saturated rings. The molecule has 6 rings (SSSR count). The van der Waals surface area contributed by atoms with Crippen molar-refractivity contribution in [1.82, 2.24) is 20.2 Å². The number of carbonyl (C=O) groups excluding carboxylic acids is 1. The number of hydrogen-bond donors (Lipinski definition) is 2. The number of rotatable bonds is 4. The van der Waals surface area contributed by atoms with Crippen LogP contribution in [-0.4, -0.2) is 66.7 Å². The van der Waals surface area contributed by atoms with Crippen LogP contribution < -0.4 is 20.4 Å². The van der Waals surface area contributed by atoms with Crippen LogP contribution in [0.3, 0.4) is 0 Å². The van der Waals surface area contributed by atoms with Gasteiger partial charge in [-0.1, -0.05) is 12.8 Å². The third-order valence-corrected chi connectivity index (χ3v) is 7.69. The highest BCUT2D eigenvalue weighted by molar-refractivity contribution is 5.92. The molecule has 0 atom stereocenters. The second-order valence-corrected chi connectivity index (χ2v) is 10.5. The lowest BCUT2D eigenvalue weighted by Crippen LogP contribution is -2.71. The molecule has 2 saturated heterocycles. The maximum Gasteiger partial charge on any atom is 0.323 e. The van der Waals surface area contributed by atoms with Gasteiger partial charge in [-0.05, 0) is 50.9 Å². The summed E-state index contributed by atoms with van der Waals surface area (Å²) in [5, 5.41) is 6.18. The van der Waals surface area contributed by atoms with Gasteiger partial charge < -0.3 is 20.4 Å². The van der Waals surface area contributed by atoms with E-state index in [1.807, 2.05) is 23.2 Å². The zero-order valence-corrected chi connectivity index (χ0v) is 19.7. The lowest BCUT2D eigenvalue weighted by atomic mass is 9.73. The Morgan fingerprint density at radius 3 is 2.68 bits per heavy atom. The topological polar surface area (TPSA) is 76.6 Å². The number of aryl methyl sites for hydroxylation is 1. The van der Waals surface area contributed by atoms with Crippen LogP contribution in [0.5, 0.6) is 0 Å². The van der Waals surface area contributed by atoms with E-state index in [0.717, 1.165) is 70.3 Å². The minimum Gasteiger partial charge on any atom is -0.368 e. The van der Waals surface area contributed by atoms with E-state index in [0.29, 0.717) is 35.1 Å². The number of benzene rings is 1. The van der Waals surface area contributed by atoms with Gasteiger partial charge in [0.1, 0.15) is 11.6 Å². The molecule has 180 valence electrons. The second-order valence-electron chi connectivity index (χ2n) is 10.5. The summed E-state index contributed by atoms with van der Waals surface area (Å²) in [7, 11) is 2.13. The molecule has 1 aliphatic carbocycles. The number of halogens is 1. The second kappa shape index (κ2) is 8.37. The molecule has 2 aromatic rings. The first-order valence-electron chi connectivity index (χ1n) is 12.4. The van der Waals surface area contributed by atoms with Crippen LogP contribution in [-0.2, 0) is 6.42 Å². The molecule has 8 nitrogen and oxygen atoms in total. The highest BCUT2D eigenvalue weighted by atomic mass is 19.1. The van der Waals surface area contributed by atoms with Crippen LogP contribution in [0.25, 0.3) is 0 Å². The van der Waals surface area contributed by atoms with Gasteiger partial charge in [-0.2, -0.15) is 4.98 Å². The van der Waals surface area contributed by atoms with Crippen molar-refractivity contribution >= 4 is 29.2 Å². The van der Waals surface area contributed by atoms with Gasteiger partial charge in [0.2, 0.25) is 5.95 Å². The van der Waals surface area contributed by atoms with E-state index in [2.05, 4.69) is 32.5 Å². The number of urea groups is 1. The Balaban J connectivity index is 1.21. The molecule has 2 N–H and O–H groups in total. The SMILES string of the molecule is CN1CC2(C1)CN(c1ccc(Nc3ncc4c(n3)N(C3CCCC3)C(=O)NCCC4)cc1F)C2. The number of nitrogens with one attached hydrogen (secondary N) is 2. The van der Waals surface area contributed by atoms with Crippen molar-refractivity contribution in [3.05, 3.63) is 35.8 Å². The van der Waals surface area contributed by atoms with Crippen molar-refractivity contribution in [2.75, 3.05) is 54.9 Å². The molecule has 34 heavy (non-hydrogen) atoms. The average Bonchev–Trinajstić information content (AvgIpc) is 3.28. The van der Waals surface area contributed by atoms with Crippen molar-refractivity contribution in [1.29, 1.82) is 0 Å². The fourth-order valence-corrected chi connectivity index (χ4v) is 6.20. The van der Waals surface area contributed by atoms with Crippen LogP contribution in [0.4, 0.5) is 32.3 Å². The lowest BCUT2D eigenvalue weighted by Gasteiger charge is -2.60. The van der Waals surface area contributed by atoms with Crippen LogP contribution in [0.1, 0.15) is 37.7 Å². The normalized spacial score (nSPS) is 22.5. The standard InChI is InChI=1S/C25H32FN7O/c1-31-13-25(14-31)15-32(16-25)21-9-8-18(11-20(21)26)29-23-28-12-17-5-4-10-27-24(34)33(22(17)30-23)19-6-2-3-7-19/h8-9,11-12,19H,2-7,10,13-16H2,1H3,(H,27,34)(H,28,29,30). The molecule has 1 saturated carbocycles. The molecule has 0 radical (unpaired) electrons. The van der Waals surface area contributed by atoms with Gasteiger partial charge in [0.25, 0.3) is 0 Å². The molecule has 4 heterocycles. The molecule has 1 aromatic heterocycles. The van der Waals surface area contributed by atoms with Crippen LogP contribution in [0.2, 0.25) is 0 Å². The fourth-order valence-electron chi connectivity index (χ4n) is 6.20. The summed E-state index contributed by atoms with van der Waals surface area (Å²) in [6.07, 6.45) is 7.70. The third-order valence-electron chi connectivity index (χ3n) is 7.69. The maximum atomic E-state index is 15.0. The molecule has 1 spiro atoms. The first-order valence-corrected chi connectivity index (χ1v) is 12.4. The van der Waals surface area contributed by atoms with Gasteiger partial charge in [0, 0.05) is 61.6 Å². The number of likely N-dealkylation sites (tertiary alicyclic amines) is 1. The largest absolute Gasteiger partial charge is 0.368 e. The monoisotopic (exact) mass is 465 g/mol. The molecule has 2 amide bonds. The van der Waals surface area contributed by atoms with Gasteiger partial charge in [0.05, 0.1) is 5.69 Å². The van der Waals surface area contributed by atoms with E-state index >= 15 is 0 Å². The average molecular weight is 466 g/mol. The molecule has 0 bridgehead atoms. The van der Waals surface area contributed by atoms with Crippen molar-refractivity contribution in [2.45, 2.75) is 44.6 Å². The molecule has 3 aliphatic heterocycles. The van der Waals surface area contributed by atoms with E-state index in [1.54, 1.807) is 0 Å². The Kier molecular flexibility index (Phi) is 5.32. The Morgan fingerprint density at radius 1 is 1.15 bits per heavy atom. The fraction of sp³-hybridized carbons (Fsp3) is 0.560. The lowest BCUT2D eigenvalue weighted by molar-refractivity contribution is -0.00270. The molecule has 0 unspecified atom stereocenters. The van der Waals surface area contributed by atoms with E-state index < -0.39 is 0 Å². The summed E-state index contributed by atoms with van der Waals surface area (Å²) >= 11 is 0. The van der Waals surface area contributed by atoms with Crippen molar-refractivity contribution < 1.29 is 9.18 Å². The van der Waals surface area contributed by atoms with Crippen molar-refractivity contribution in [3.8, 4) is 0 Å². The van der Waals surface area contributed by atoms with E-state index in [1.165, 1.54) is 6.07 Å². The van der Waals surface area contributed by atoms with Crippen LogP contribution in [0.15, 0.2) is 24.4 Å². The first-order chi connectivity index (χ1) is 16.5. The Bertz CT molecular complexity index is 1090. The summed E-state index contributed by atoms with van der Waals surface area (Å²) in [5.74, 6) is 0.809. The van der Waals surface area contributed by atoms with E-state index in [4.69, 9.17) is 4.98 Å². The predicted molar refractivity (Wildman–Crippen MR) is 130 cm³/mol. The molecule has 4 aliphatic rings. The quantitative estimate of drug-likeness (QED) is 0.720. The van der Waals surface area contributed by atoms with Crippen LogP contribution in [0, 0.1) is 11.2 Å². The summed E-state index contributed by atoms with van der Waals surface area (Å²) in [6, 6.07) is 5.29. The van der Waals surface area contributed by atoms with Gasteiger partial charge in [0.15, 0.2) is 0 Å². The van der Waals surface area contributed by atoms with Crippen molar-refractivity contribution in [3.63, 3.8) is 0 Å². The van der Waals surface area contributed by atoms with Crippen molar-refractivity contribution in [2.24, 2.45) is 5.41 Å². The van der Waals surface area contributed by atoms with Gasteiger partial charge in [-0.25, -0.2) is 14.2 Å². The zero-order chi connectivity index (χ0) is 23.3. The number of aromatic nitrogens is 2. The summed E-state index contributed by atoms with van der Waals surface area (Å²) in [6.45, 7) is 4.66. The first kappa shape index (κ1) is 21.6. The van der Waals surface area contributed by atoms with Gasteiger partial charge in [-0.3, -0.25) is 4.90 Å². The Labute approximate surface area is 199 Å². The number of carbonyl (C=O) groups is 1. The van der Waals surface area contributed by atoms with Gasteiger partial charge in [-0.15, -0.1) is 0 Å². The minimum atomic E-state index is -0.245. The highest BCUT2D eigenvalue weighted by Crippen LogP contribution is 2.42. The highest BCUT2D eigenvalue weighted by Gasteiger charge is 2.50. The number of nitrogens with zero attached hydrogens (tertiary/aromatic N) is 5.